The number of nitrogens with zero attached hydrogens (tertiary/aromatic N) is 2. The highest BCUT2D eigenvalue weighted by Gasteiger charge is 2.26. The van der Waals surface area contributed by atoms with Crippen molar-refractivity contribution in [2.45, 2.75) is 37.5 Å². The normalized spacial score (nSPS) is 16.2. The van der Waals surface area contributed by atoms with Gasteiger partial charge in [-0.2, -0.15) is 0 Å². The third-order valence-electron chi connectivity index (χ3n) is 5.71. The summed E-state index contributed by atoms with van der Waals surface area (Å²) in [5.41, 5.74) is 1.99. The number of benzene rings is 2. The SMILES string of the molecule is CC(=O)N1CCCc2cc(S(=O)(=O)Nc3ccc(Cl)cc3C(=O)N3CCCC3)ccc21. The van der Waals surface area contributed by atoms with Crippen LogP contribution in [0.3, 0.4) is 0 Å². The van der Waals surface area contributed by atoms with Gasteiger partial charge in [-0.25, -0.2) is 8.42 Å². The molecule has 0 atom stereocenters. The summed E-state index contributed by atoms with van der Waals surface area (Å²) in [6, 6.07) is 9.32. The third kappa shape index (κ3) is 4.41. The van der Waals surface area contributed by atoms with Gasteiger partial charge in [-0.15, -0.1) is 0 Å². The van der Waals surface area contributed by atoms with Crippen LogP contribution in [0, 0.1) is 0 Å². The number of halogens is 1. The van der Waals surface area contributed by atoms with Crippen LogP contribution in [0.2, 0.25) is 5.02 Å². The second-order valence-electron chi connectivity index (χ2n) is 7.86. The maximum atomic E-state index is 13.1. The van der Waals surface area contributed by atoms with Crippen LogP contribution in [0.1, 0.15) is 42.1 Å². The van der Waals surface area contributed by atoms with Crippen molar-refractivity contribution < 1.29 is 18.0 Å². The van der Waals surface area contributed by atoms with Gasteiger partial charge in [0.15, 0.2) is 0 Å². The van der Waals surface area contributed by atoms with Crippen LogP contribution in [-0.4, -0.2) is 44.8 Å². The Balaban J connectivity index is 1.65. The molecule has 0 unspecified atom stereocenters. The van der Waals surface area contributed by atoms with Crippen LogP contribution in [-0.2, 0) is 21.2 Å². The molecule has 7 nitrogen and oxygen atoms in total. The molecule has 1 fully saturated rings. The molecule has 0 bridgehead atoms. The molecule has 1 saturated heterocycles. The molecule has 0 spiro atoms. The van der Waals surface area contributed by atoms with Gasteiger partial charge in [-0.05, 0) is 67.6 Å². The van der Waals surface area contributed by atoms with E-state index < -0.39 is 10.0 Å². The summed E-state index contributed by atoms with van der Waals surface area (Å²) >= 11 is 6.09. The average Bonchev–Trinajstić information content (AvgIpc) is 3.28. The lowest BCUT2D eigenvalue weighted by atomic mass is 10.0. The summed E-state index contributed by atoms with van der Waals surface area (Å²) in [5.74, 6) is -0.304. The van der Waals surface area contributed by atoms with E-state index in [1.807, 2.05) is 0 Å². The van der Waals surface area contributed by atoms with Gasteiger partial charge in [0.2, 0.25) is 5.91 Å². The zero-order valence-electron chi connectivity index (χ0n) is 17.2. The zero-order chi connectivity index (χ0) is 22.2. The first-order chi connectivity index (χ1) is 14.8. The second kappa shape index (κ2) is 8.51. The number of hydrogen-bond acceptors (Lipinski definition) is 4. The summed E-state index contributed by atoms with van der Waals surface area (Å²) in [5, 5.41) is 0.364. The molecule has 0 saturated carbocycles. The number of hydrogen-bond donors (Lipinski definition) is 1. The van der Waals surface area contributed by atoms with Crippen molar-refractivity contribution in [3.8, 4) is 0 Å². The minimum Gasteiger partial charge on any atom is -0.339 e. The molecular weight excluding hydrogens is 438 g/mol. The first kappa shape index (κ1) is 21.6. The monoisotopic (exact) mass is 461 g/mol. The molecule has 2 aromatic rings. The van der Waals surface area contributed by atoms with E-state index in [1.54, 1.807) is 28.0 Å². The number of rotatable bonds is 4. The quantitative estimate of drug-likeness (QED) is 0.752. The highest BCUT2D eigenvalue weighted by atomic mass is 35.5. The van der Waals surface area contributed by atoms with Crippen molar-refractivity contribution in [1.29, 1.82) is 0 Å². The van der Waals surface area contributed by atoms with Crippen LogP contribution in [0.4, 0.5) is 11.4 Å². The molecule has 2 aliphatic rings. The Morgan fingerprint density at radius 3 is 2.45 bits per heavy atom. The molecule has 9 heteroatoms. The van der Waals surface area contributed by atoms with E-state index in [4.69, 9.17) is 11.6 Å². The molecule has 0 aliphatic carbocycles. The Morgan fingerprint density at radius 2 is 1.74 bits per heavy atom. The molecule has 164 valence electrons. The lowest BCUT2D eigenvalue weighted by Gasteiger charge is -2.29. The van der Waals surface area contributed by atoms with Gasteiger partial charge in [0.25, 0.3) is 15.9 Å². The van der Waals surface area contributed by atoms with Crippen molar-refractivity contribution in [1.82, 2.24) is 4.90 Å². The Labute approximate surface area is 187 Å². The lowest BCUT2D eigenvalue weighted by Crippen LogP contribution is -2.33. The largest absolute Gasteiger partial charge is 0.339 e. The smallest absolute Gasteiger partial charge is 0.261 e. The number of fused-ring (bicyclic) bond motifs is 1. The van der Waals surface area contributed by atoms with E-state index in [1.165, 1.54) is 25.1 Å². The number of carbonyl (C=O) groups excluding carboxylic acids is 2. The summed E-state index contributed by atoms with van der Waals surface area (Å²) in [4.78, 5) is 28.3. The van der Waals surface area contributed by atoms with E-state index in [0.717, 1.165) is 30.5 Å². The van der Waals surface area contributed by atoms with Gasteiger partial charge < -0.3 is 9.80 Å². The standard InChI is InChI=1S/C22H24ClN3O4S/c1-15(27)26-12-4-5-16-13-18(7-9-21(16)26)31(29,30)24-20-8-6-17(23)14-19(20)22(28)25-10-2-3-11-25/h6-9,13-14,24H,2-5,10-12H2,1H3. The highest BCUT2D eigenvalue weighted by Crippen LogP contribution is 2.31. The summed E-state index contributed by atoms with van der Waals surface area (Å²) in [6.07, 6.45) is 3.33. The predicted molar refractivity (Wildman–Crippen MR) is 120 cm³/mol. The fourth-order valence-corrected chi connectivity index (χ4v) is 5.45. The first-order valence-electron chi connectivity index (χ1n) is 10.3. The van der Waals surface area contributed by atoms with E-state index in [9.17, 15) is 18.0 Å². The number of likely N-dealkylation sites (tertiary alicyclic amines) is 1. The van der Waals surface area contributed by atoms with Gasteiger partial charge in [0.1, 0.15) is 0 Å². The number of nitrogens with one attached hydrogen (secondary N) is 1. The van der Waals surface area contributed by atoms with E-state index >= 15 is 0 Å². The van der Waals surface area contributed by atoms with E-state index in [-0.39, 0.29) is 28.0 Å². The Kier molecular flexibility index (Phi) is 5.94. The van der Waals surface area contributed by atoms with Crippen molar-refractivity contribution in [2.75, 3.05) is 29.3 Å². The average molecular weight is 462 g/mol. The van der Waals surface area contributed by atoms with Crippen LogP contribution in [0.15, 0.2) is 41.3 Å². The zero-order valence-corrected chi connectivity index (χ0v) is 18.8. The van der Waals surface area contributed by atoms with Gasteiger partial charge in [-0.3, -0.25) is 14.3 Å². The number of amides is 2. The van der Waals surface area contributed by atoms with Crippen LogP contribution in [0.5, 0.6) is 0 Å². The predicted octanol–water partition coefficient (Wildman–Crippen LogP) is 3.68. The first-order valence-corrected chi connectivity index (χ1v) is 12.1. The topological polar surface area (TPSA) is 86.8 Å². The molecule has 1 N–H and O–H groups in total. The minimum atomic E-state index is -3.94. The van der Waals surface area contributed by atoms with Crippen molar-refractivity contribution in [3.63, 3.8) is 0 Å². The van der Waals surface area contributed by atoms with Gasteiger partial charge in [0, 0.05) is 37.3 Å². The number of sulfonamides is 1. The summed E-state index contributed by atoms with van der Waals surface area (Å²) in [7, 11) is -3.94. The Morgan fingerprint density at radius 1 is 1.00 bits per heavy atom. The van der Waals surface area contributed by atoms with Crippen molar-refractivity contribution >= 4 is 44.8 Å². The summed E-state index contributed by atoms with van der Waals surface area (Å²) in [6.45, 7) is 3.42. The van der Waals surface area contributed by atoms with Crippen LogP contribution >= 0.6 is 11.6 Å². The van der Waals surface area contributed by atoms with Crippen LogP contribution in [0.25, 0.3) is 0 Å². The van der Waals surface area contributed by atoms with Crippen molar-refractivity contribution in [2.24, 2.45) is 0 Å². The molecule has 2 heterocycles. The molecule has 0 aromatic heterocycles. The third-order valence-corrected chi connectivity index (χ3v) is 7.31. The molecule has 2 amide bonds. The molecule has 31 heavy (non-hydrogen) atoms. The van der Waals surface area contributed by atoms with Gasteiger partial charge in [0.05, 0.1) is 16.1 Å². The second-order valence-corrected chi connectivity index (χ2v) is 9.98. The molecule has 0 radical (unpaired) electrons. The number of carbonyl (C=O) groups is 2. The van der Waals surface area contributed by atoms with E-state index in [0.29, 0.717) is 31.1 Å². The summed E-state index contributed by atoms with van der Waals surface area (Å²) < 4.78 is 28.8. The molecule has 4 rings (SSSR count). The Hall–Kier alpha value is -2.58. The van der Waals surface area contributed by atoms with Gasteiger partial charge in [-0.1, -0.05) is 11.6 Å². The molecule has 2 aliphatic heterocycles. The van der Waals surface area contributed by atoms with Crippen molar-refractivity contribution in [3.05, 3.63) is 52.5 Å². The lowest BCUT2D eigenvalue weighted by molar-refractivity contribution is -0.116. The fraction of sp³-hybridized carbons (Fsp3) is 0.364. The highest BCUT2D eigenvalue weighted by molar-refractivity contribution is 7.92. The fourth-order valence-electron chi connectivity index (χ4n) is 4.14. The van der Waals surface area contributed by atoms with E-state index in [2.05, 4.69) is 4.72 Å². The number of aryl methyl sites for hydroxylation is 1. The van der Waals surface area contributed by atoms with Gasteiger partial charge >= 0.3 is 0 Å². The maximum Gasteiger partial charge on any atom is 0.261 e. The Bertz CT molecular complexity index is 1140. The maximum absolute atomic E-state index is 13.1. The molecule has 2 aromatic carbocycles. The number of anilines is 2. The molecular formula is C22H24ClN3O4S. The minimum absolute atomic E-state index is 0.0686. The van der Waals surface area contributed by atoms with Crippen LogP contribution < -0.4 is 9.62 Å².